The molecule has 0 aliphatic rings. The second kappa shape index (κ2) is 8.88. The molecule has 0 aromatic heterocycles. The summed E-state index contributed by atoms with van der Waals surface area (Å²) in [6.07, 6.45) is 0. The quantitative estimate of drug-likeness (QED) is 0.492. The second-order valence-electron chi connectivity index (χ2n) is 6.72. The van der Waals surface area contributed by atoms with Crippen LogP contribution in [0.25, 0.3) is 22.3 Å². The zero-order chi connectivity index (χ0) is 20.8. The van der Waals surface area contributed by atoms with Crippen LogP contribution in [0.15, 0.2) is 109 Å². The fourth-order valence-electron chi connectivity index (χ4n) is 3.24. The highest BCUT2D eigenvalue weighted by Gasteiger charge is 2.15. The van der Waals surface area contributed by atoms with E-state index in [1.165, 1.54) is 0 Å². The van der Waals surface area contributed by atoms with Gasteiger partial charge in [0.05, 0.1) is 5.56 Å². The van der Waals surface area contributed by atoms with E-state index in [4.69, 9.17) is 0 Å². The molecule has 4 aromatic carbocycles. The van der Waals surface area contributed by atoms with Crippen molar-refractivity contribution in [2.45, 2.75) is 0 Å². The number of carbonyl (C=O) groups excluding carboxylic acids is 2. The third-order valence-corrected chi connectivity index (χ3v) is 4.73. The van der Waals surface area contributed by atoms with Gasteiger partial charge in [-0.15, -0.1) is 5.43 Å². The van der Waals surface area contributed by atoms with E-state index in [1.807, 2.05) is 84.9 Å². The Morgan fingerprint density at radius 1 is 0.600 bits per heavy atom. The molecule has 4 rings (SSSR count). The van der Waals surface area contributed by atoms with Gasteiger partial charge in [-0.25, -0.2) is 5.43 Å². The van der Waals surface area contributed by atoms with Crippen molar-refractivity contribution in [3.8, 4) is 22.3 Å². The number of carbonyl (C=O) groups is 2. The number of nitrogens with one attached hydrogen (secondary N) is 1. The molecule has 0 heterocycles. The fraction of sp³-hybridized carbons (Fsp3) is 0. The highest BCUT2D eigenvalue weighted by atomic mass is 16.2. The Bertz CT molecular complexity index is 1170. The van der Waals surface area contributed by atoms with Gasteiger partial charge in [-0.2, -0.15) is 0 Å². The first kappa shape index (κ1) is 19.2. The molecule has 0 unspecified atom stereocenters. The van der Waals surface area contributed by atoms with Gasteiger partial charge < -0.3 is 0 Å². The molecule has 4 nitrogen and oxygen atoms in total. The van der Waals surface area contributed by atoms with E-state index in [2.05, 4.69) is 10.9 Å². The minimum absolute atomic E-state index is 0.432. The maximum Gasteiger partial charge on any atom is 0.294 e. The van der Waals surface area contributed by atoms with Crippen molar-refractivity contribution in [3.05, 3.63) is 120 Å². The molecule has 0 saturated heterocycles. The summed E-state index contributed by atoms with van der Waals surface area (Å²) in [5.74, 6) is -0.930. The lowest BCUT2D eigenvalue weighted by molar-refractivity contribution is 0.0841. The first-order valence-electron chi connectivity index (χ1n) is 9.58. The molecular formula is C26H19N2O2. The van der Waals surface area contributed by atoms with Crippen LogP contribution < -0.4 is 10.9 Å². The topological polar surface area (TPSA) is 60.3 Å². The summed E-state index contributed by atoms with van der Waals surface area (Å²) in [5, 5.41) is 0. The van der Waals surface area contributed by atoms with Gasteiger partial charge in [0.2, 0.25) is 0 Å². The molecule has 145 valence electrons. The summed E-state index contributed by atoms with van der Waals surface area (Å²) in [6.45, 7) is 0. The lowest BCUT2D eigenvalue weighted by Crippen LogP contribution is -2.35. The third kappa shape index (κ3) is 4.28. The number of hydrogen-bond acceptors (Lipinski definition) is 2. The average Bonchev–Trinajstić information content (AvgIpc) is 2.83. The zero-order valence-corrected chi connectivity index (χ0v) is 16.2. The number of amides is 2. The Hall–Kier alpha value is -4.18. The van der Waals surface area contributed by atoms with Gasteiger partial charge in [0, 0.05) is 5.56 Å². The summed E-state index contributed by atoms with van der Waals surface area (Å²) < 4.78 is 0. The van der Waals surface area contributed by atoms with Crippen molar-refractivity contribution in [1.82, 2.24) is 10.9 Å². The Labute approximate surface area is 175 Å². The normalized spacial score (nSPS) is 10.3. The van der Waals surface area contributed by atoms with E-state index in [0.29, 0.717) is 11.1 Å². The molecule has 30 heavy (non-hydrogen) atoms. The van der Waals surface area contributed by atoms with Crippen LogP contribution in [0.1, 0.15) is 20.7 Å². The van der Waals surface area contributed by atoms with Gasteiger partial charge in [0.1, 0.15) is 0 Å². The SMILES string of the molecule is O=C(N[N]C(=O)c1ccccc1-c1ccccc1)c1cccc(-c2ccccc2)c1. The van der Waals surface area contributed by atoms with Crippen molar-refractivity contribution >= 4 is 11.8 Å². The molecule has 0 aliphatic heterocycles. The molecule has 0 aliphatic carbocycles. The first-order chi connectivity index (χ1) is 14.7. The third-order valence-electron chi connectivity index (χ3n) is 4.73. The van der Waals surface area contributed by atoms with E-state index in [1.54, 1.807) is 24.3 Å². The van der Waals surface area contributed by atoms with Crippen LogP contribution in [0, 0.1) is 0 Å². The molecule has 2 amide bonds. The molecule has 0 bridgehead atoms. The van der Waals surface area contributed by atoms with Crippen molar-refractivity contribution in [2.75, 3.05) is 0 Å². The maximum atomic E-state index is 12.7. The first-order valence-corrected chi connectivity index (χ1v) is 9.58. The van der Waals surface area contributed by atoms with Crippen LogP contribution >= 0.6 is 0 Å². The number of benzene rings is 4. The van der Waals surface area contributed by atoms with E-state index in [-0.39, 0.29) is 0 Å². The summed E-state index contributed by atoms with van der Waals surface area (Å²) in [5.41, 5.74) is 10.7. The summed E-state index contributed by atoms with van der Waals surface area (Å²) in [7, 11) is 0. The van der Waals surface area contributed by atoms with Crippen molar-refractivity contribution in [1.29, 1.82) is 0 Å². The highest BCUT2D eigenvalue weighted by Crippen LogP contribution is 2.23. The number of hydrogen-bond donors (Lipinski definition) is 1. The predicted molar refractivity (Wildman–Crippen MR) is 118 cm³/mol. The van der Waals surface area contributed by atoms with Crippen LogP contribution in [-0.4, -0.2) is 11.8 Å². The lowest BCUT2D eigenvalue weighted by Gasteiger charge is -2.10. The zero-order valence-electron chi connectivity index (χ0n) is 16.2. The Balaban J connectivity index is 1.49. The molecule has 0 atom stereocenters. The van der Waals surface area contributed by atoms with Crippen molar-refractivity contribution in [3.63, 3.8) is 0 Å². The van der Waals surface area contributed by atoms with Crippen LogP contribution in [0.5, 0.6) is 0 Å². The smallest absolute Gasteiger partial charge is 0.267 e. The highest BCUT2D eigenvalue weighted by molar-refractivity contribution is 6.03. The van der Waals surface area contributed by atoms with Gasteiger partial charge in [-0.1, -0.05) is 91.0 Å². The fourth-order valence-corrected chi connectivity index (χ4v) is 3.24. The van der Waals surface area contributed by atoms with Gasteiger partial charge in [0.15, 0.2) is 0 Å². The van der Waals surface area contributed by atoms with Crippen molar-refractivity contribution < 1.29 is 9.59 Å². The molecule has 4 aromatic rings. The summed E-state index contributed by atoms with van der Waals surface area (Å²) >= 11 is 0. The Morgan fingerprint density at radius 3 is 1.93 bits per heavy atom. The monoisotopic (exact) mass is 391 g/mol. The van der Waals surface area contributed by atoms with Crippen LogP contribution in [0.2, 0.25) is 0 Å². The maximum absolute atomic E-state index is 12.7. The van der Waals surface area contributed by atoms with Gasteiger partial charge in [-0.05, 0) is 40.5 Å². The second-order valence-corrected chi connectivity index (χ2v) is 6.72. The predicted octanol–water partition coefficient (Wildman–Crippen LogP) is 5.11. The lowest BCUT2D eigenvalue weighted by atomic mass is 9.99. The number of nitrogens with zero attached hydrogens (tertiary/aromatic N) is 1. The molecule has 0 spiro atoms. The minimum atomic E-state index is -0.498. The summed E-state index contributed by atoms with van der Waals surface area (Å²) in [6, 6.07) is 33.8. The Morgan fingerprint density at radius 2 is 1.20 bits per heavy atom. The van der Waals surface area contributed by atoms with E-state index in [0.717, 1.165) is 22.3 Å². The van der Waals surface area contributed by atoms with E-state index in [9.17, 15) is 9.59 Å². The molecule has 0 fully saturated rings. The molecule has 4 heteroatoms. The van der Waals surface area contributed by atoms with Crippen LogP contribution in [0.4, 0.5) is 0 Å². The van der Waals surface area contributed by atoms with E-state index >= 15 is 0 Å². The van der Waals surface area contributed by atoms with Gasteiger partial charge in [0.25, 0.3) is 11.8 Å². The molecule has 1 N–H and O–H groups in total. The molecule has 0 saturated carbocycles. The van der Waals surface area contributed by atoms with Gasteiger partial charge >= 0.3 is 0 Å². The molecular weight excluding hydrogens is 372 g/mol. The minimum Gasteiger partial charge on any atom is -0.267 e. The van der Waals surface area contributed by atoms with Gasteiger partial charge in [-0.3, -0.25) is 9.59 Å². The van der Waals surface area contributed by atoms with E-state index < -0.39 is 11.8 Å². The van der Waals surface area contributed by atoms with Crippen molar-refractivity contribution in [2.24, 2.45) is 0 Å². The standard InChI is InChI=1S/C26H19N2O2/c29-25(22-15-9-14-21(18-22)19-10-3-1-4-11-19)27-28-26(30)24-17-8-7-16-23(24)20-12-5-2-6-13-20/h1-18H,(H,27,29). The van der Waals surface area contributed by atoms with Crippen LogP contribution in [0.3, 0.4) is 0 Å². The number of rotatable bonds is 4. The largest absolute Gasteiger partial charge is 0.294 e. The van der Waals surface area contributed by atoms with Crippen LogP contribution in [-0.2, 0) is 0 Å². The average molecular weight is 391 g/mol. The summed E-state index contributed by atoms with van der Waals surface area (Å²) in [4.78, 5) is 25.2. The molecule has 1 radical (unpaired) electrons. The Kier molecular flexibility index (Phi) is 5.67.